The summed E-state index contributed by atoms with van der Waals surface area (Å²) in [5.41, 5.74) is 3.41. The molecule has 11 nitrogen and oxygen atoms in total. The summed E-state index contributed by atoms with van der Waals surface area (Å²) in [6.07, 6.45) is 3.63. The lowest BCUT2D eigenvalue weighted by atomic mass is 10.1. The molecule has 0 spiro atoms. The molecule has 1 unspecified atom stereocenters. The maximum absolute atomic E-state index is 13.4. The smallest absolute Gasteiger partial charge is 0.317 e. The first-order chi connectivity index (χ1) is 20.8. The molecule has 12 heteroatoms. The van der Waals surface area contributed by atoms with E-state index in [1.54, 1.807) is 36.1 Å². The summed E-state index contributed by atoms with van der Waals surface area (Å²) in [6.45, 7) is 14.0. The molecule has 2 N–H and O–H groups in total. The number of nitrogens with zero attached hydrogens (tertiary/aromatic N) is 7. The van der Waals surface area contributed by atoms with Gasteiger partial charge in [0.1, 0.15) is 5.82 Å². The summed E-state index contributed by atoms with van der Waals surface area (Å²) in [6, 6.07) is 9.70. The summed E-state index contributed by atoms with van der Waals surface area (Å²) in [4.78, 5) is 42.3. The molecule has 43 heavy (non-hydrogen) atoms. The van der Waals surface area contributed by atoms with Crippen LogP contribution in [0.4, 0.5) is 10.6 Å². The second kappa shape index (κ2) is 14.4. The first-order valence-electron chi connectivity index (χ1n) is 14.9. The Morgan fingerprint density at radius 1 is 1.12 bits per heavy atom. The van der Waals surface area contributed by atoms with Crippen molar-refractivity contribution in [2.24, 2.45) is 0 Å². The molecule has 1 atom stereocenters. The van der Waals surface area contributed by atoms with E-state index in [-0.39, 0.29) is 26.9 Å². The normalized spacial score (nSPS) is 13.7. The van der Waals surface area contributed by atoms with E-state index < -0.39 is 0 Å². The highest BCUT2D eigenvalue weighted by Gasteiger charge is 2.30. The molecule has 234 valence electrons. The molecule has 0 aromatic carbocycles. The van der Waals surface area contributed by atoms with Gasteiger partial charge in [-0.05, 0) is 49.7 Å². The maximum Gasteiger partial charge on any atom is 0.317 e. The highest BCUT2D eigenvalue weighted by molar-refractivity contribution is 7.13. The molecule has 3 amide bonds. The van der Waals surface area contributed by atoms with Gasteiger partial charge in [0, 0.05) is 54.4 Å². The third-order valence-corrected chi connectivity index (χ3v) is 8.32. The van der Waals surface area contributed by atoms with E-state index in [2.05, 4.69) is 46.3 Å². The van der Waals surface area contributed by atoms with Crippen LogP contribution in [0.2, 0.25) is 0 Å². The SMILES string of the molecule is CC.CCN(CC)C(C)CNC(=O)c1cc(-c2cnn3ccc(-c4cccs4)nc23)nc(N2CC(NC(=O)N(C)C)C2)c1.[HH].[HH]. The second-order valence-corrected chi connectivity index (χ2v) is 11.4. The molecule has 4 aromatic heterocycles. The van der Waals surface area contributed by atoms with Gasteiger partial charge in [-0.25, -0.2) is 19.3 Å². The van der Waals surface area contributed by atoms with Crippen molar-refractivity contribution in [2.75, 3.05) is 51.7 Å². The lowest BCUT2D eigenvalue weighted by Gasteiger charge is -2.41. The third kappa shape index (κ3) is 7.31. The van der Waals surface area contributed by atoms with E-state index in [4.69, 9.17) is 9.97 Å². The molecule has 5 rings (SSSR count). The van der Waals surface area contributed by atoms with Crippen molar-refractivity contribution < 1.29 is 12.4 Å². The monoisotopic (exact) mass is 609 g/mol. The molecule has 0 aliphatic carbocycles. The van der Waals surface area contributed by atoms with Gasteiger partial charge in [0.05, 0.1) is 34.1 Å². The zero-order valence-electron chi connectivity index (χ0n) is 26.2. The number of pyridine rings is 1. The number of nitrogens with one attached hydrogen (secondary N) is 2. The zero-order valence-corrected chi connectivity index (χ0v) is 27.0. The maximum atomic E-state index is 13.4. The fraction of sp³-hybridized carbons (Fsp3) is 0.452. The van der Waals surface area contributed by atoms with Crippen molar-refractivity contribution >= 4 is 34.7 Å². The number of likely N-dealkylation sites (N-methyl/N-ethyl adjacent to an activating group) is 1. The molecule has 1 aliphatic heterocycles. The van der Waals surface area contributed by atoms with Gasteiger partial charge in [-0.3, -0.25) is 9.69 Å². The van der Waals surface area contributed by atoms with Gasteiger partial charge in [0.2, 0.25) is 0 Å². The fourth-order valence-electron chi connectivity index (χ4n) is 4.94. The van der Waals surface area contributed by atoms with Crippen LogP contribution in [0.25, 0.3) is 27.5 Å². The summed E-state index contributed by atoms with van der Waals surface area (Å²) in [5, 5.41) is 12.6. The van der Waals surface area contributed by atoms with Gasteiger partial charge in [0.25, 0.3) is 5.91 Å². The number of thiophene rings is 1. The summed E-state index contributed by atoms with van der Waals surface area (Å²) < 4.78 is 1.72. The number of hydrogen-bond donors (Lipinski definition) is 2. The summed E-state index contributed by atoms with van der Waals surface area (Å²) >= 11 is 1.63. The molecule has 1 fully saturated rings. The minimum atomic E-state index is -0.157. The molecule has 0 bridgehead atoms. The average Bonchev–Trinajstić information content (AvgIpc) is 3.69. The topological polar surface area (TPSA) is 111 Å². The van der Waals surface area contributed by atoms with Gasteiger partial charge in [-0.2, -0.15) is 5.10 Å². The summed E-state index contributed by atoms with van der Waals surface area (Å²) in [5.74, 6) is 0.518. The average molecular weight is 610 g/mol. The Labute approximate surface area is 260 Å². The zero-order chi connectivity index (χ0) is 31.1. The Morgan fingerprint density at radius 3 is 2.51 bits per heavy atom. The first kappa shape index (κ1) is 31.9. The Hall–Kier alpha value is -4.03. The van der Waals surface area contributed by atoms with E-state index in [1.807, 2.05) is 55.8 Å². The van der Waals surface area contributed by atoms with E-state index in [9.17, 15) is 9.59 Å². The van der Waals surface area contributed by atoms with E-state index in [0.717, 1.165) is 29.2 Å². The Balaban J connectivity index is 0.00000173. The number of aromatic nitrogens is 4. The quantitative estimate of drug-likeness (QED) is 0.262. The van der Waals surface area contributed by atoms with Crippen molar-refractivity contribution in [2.45, 2.75) is 46.7 Å². The van der Waals surface area contributed by atoms with Gasteiger partial charge in [-0.15, -0.1) is 11.3 Å². The van der Waals surface area contributed by atoms with Crippen LogP contribution in [0.3, 0.4) is 0 Å². The number of amides is 3. The van der Waals surface area contributed by atoms with Gasteiger partial charge in [-0.1, -0.05) is 33.8 Å². The van der Waals surface area contributed by atoms with Gasteiger partial charge in [0.15, 0.2) is 5.65 Å². The molecular formula is C31H47N9O2S. The van der Waals surface area contributed by atoms with Crippen molar-refractivity contribution in [1.82, 2.24) is 40.0 Å². The van der Waals surface area contributed by atoms with Crippen LogP contribution in [0.1, 0.15) is 47.8 Å². The number of hydrogen-bond acceptors (Lipinski definition) is 8. The molecule has 4 aromatic rings. The van der Waals surface area contributed by atoms with E-state index >= 15 is 0 Å². The highest BCUT2D eigenvalue weighted by atomic mass is 32.1. The minimum Gasteiger partial charge on any atom is -0.352 e. The van der Waals surface area contributed by atoms with E-state index in [1.165, 1.54) is 4.90 Å². The lowest BCUT2D eigenvalue weighted by Crippen LogP contribution is -2.61. The largest absolute Gasteiger partial charge is 0.352 e. The number of urea groups is 1. The second-order valence-electron chi connectivity index (χ2n) is 10.4. The molecule has 5 heterocycles. The Bertz CT molecular complexity index is 1520. The van der Waals surface area contributed by atoms with Crippen LogP contribution >= 0.6 is 11.3 Å². The van der Waals surface area contributed by atoms with Crippen molar-refractivity contribution in [3.63, 3.8) is 0 Å². The fourth-order valence-corrected chi connectivity index (χ4v) is 5.63. The predicted molar refractivity (Wildman–Crippen MR) is 178 cm³/mol. The summed E-state index contributed by atoms with van der Waals surface area (Å²) in [7, 11) is 3.44. The first-order valence-corrected chi connectivity index (χ1v) is 15.8. The number of rotatable bonds is 10. The lowest BCUT2D eigenvalue weighted by molar-refractivity contribution is 0.0938. The van der Waals surface area contributed by atoms with Crippen molar-refractivity contribution in [3.05, 3.63) is 53.7 Å². The number of carbonyl (C=O) groups excluding carboxylic acids is 2. The van der Waals surface area contributed by atoms with Crippen LogP contribution in [-0.4, -0.2) is 100 Å². The van der Waals surface area contributed by atoms with Crippen LogP contribution in [-0.2, 0) is 0 Å². The molecule has 1 aliphatic rings. The molecule has 0 saturated carbocycles. The Kier molecular flexibility index (Phi) is 10.7. The van der Waals surface area contributed by atoms with Crippen LogP contribution < -0.4 is 15.5 Å². The molecule has 1 saturated heterocycles. The third-order valence-electron chi connectivity index (χ3n) is 7.43. The Morgan fingerprint density at radius 2 is 1.86 bits per heavy atom. The number of fused-ring (bicyclic) bond motifs is 1. The predicted octanol–water partition coefficient (Wildman–Crippen LogP) is 4.96. The molecule has 0 radical (unpaired) electrons. The van der Waals surface area contributed by atoms with Crippen molar-refractivity contribution in [3.8, 4) is 21.8 Å². The number of anilines is 1. The van der Waals surface area contributed by atoms with Crippen LogP contribution in [0.5, 0.6) is 0 Å². The van der Waals surface area contributed by atoms with Crippen molar-refractivity contribution in [1.29, 1.82) is 0 Å². The van der Waals surface area contributed by atoms with Crippen LogP contribution in [0, 0.1) is 0 Å². The standard InChI is InChI=1S/C29H37N9O2S.C2H6.2H2/c1-6-36(7-2)19(3)15-30-28(39)20-13-24(33-26(14-20)37-17-21(18-37)32-29(40)35(4)5)22-16-31-38-11-10-23(34-27(22)38)25-9-8-12-41-25;1-2;;/h8-14,16,19,21H,6-7,15,17-18H2,1-5H3,(H,30,39)(H,32,40);1-2H3;2*1H. The van der Waals surface area contributed by atoms with E-state index in [0.29, 0.717) is 42.4 Å². The van der Waals surface area contributed by atoms with Crippen LogP contribution in [0.15, 0.2) is 48.1 Å². The molecular weight excluding hydrogens is 562 g/mol. The highest BCUT2D eigenvalue weighted by Crippen LogP contribution is 2.30. The minimum absolute atomic E-state index is 0. The van der Waals surface area contributed by atoms with Gasteiger partial charge < -0.3 is 20.4 Å². The number of carbonyl (C=O) groups is 2. The van der Waals surface area contributed by atoms with Gasteiger partial charge >= 0.3 is 6.03 Å².